The highest BCUT2D eigenvalue weighted by molar-refractivity contribution is 5.81. The molecular formula is C21H31NO3. The molecule has 0 bridgehead atoms. The Morgan fingerprint density at radius 2 is 1.92 bits per heavy atom. The highest BCUT2D eigenvalue weighted by Crippen LogP contribution is 2.25. The fraction of sp³-hybridized carbons (Fsp3) is 0.619. The van der Waals surface area contributed by atoms with Crippen LogP contribution in [-0.2, 0) is 16.1 Å². The van der Waals surface area contributed by atoms with Gasteiger partial charge in [-0.05, 0) is 52.0 Å². The van der Waals surface area contributed by atoms with Crippen molar-refractivity contribution < 1.29 is 14.3 Å². The summed E-state index contributed by atoms with van der Waals surface area (Å²) in [5.41, 5.74) is 0.577. The second-order valence-electron chi connectivity index (χ2n) is 7.94. The van der Waals surface area contributed by atoms with Crippen molar-refractivity contribution in [2.24, 2.45) is 5.92 Å². The maximum Gasteiger partial charge on any atom is 0.410 e. The lowest BCUT2D eigenvalue weighted by molar-refractivity contribution is -0.124. The molecule has 138 valence electrons. The van der Waals surface area contributed by atoms with E-state index in [1.165, 1.54) is 0 Å². The summed E-state index contributed by atoms with van der Waals surface area (Å²) in [5.74, 6) is 0.587. The SMILES string of the molecule is CC(C)(C)OC(=O)N(CCC[C@@H]1CCCCC1=O)Cc1ccccc1. The number of amides is 1. The molecule has 2 rings (SSSR count). The van der Waals surface area contributed by atoms with Crippen LogP contribution in [0.15, 0.2) is 30.3 Å². The summed E-state index contributed by atoms with van der Waals surface area (Å²) < 4.78 is 5.56. The number of Topliss-reactive ketones (excluding diaryl/α,β-unsaturated/α-hetero) is 1. The van der Waals surface area contributed by atoms with E-state index in [1.807, 2.05) is 51.1 Å². The van der Waals surface area contributed by atoms with Crippen LogP contribution in [0, 0.1) is 5.92 Å². The van der Waals surface area contributed by atoms with Crippen LogP contribution in [0.5, 0.6) is 0 Å². The molecule has 1 fully saturated rings. The molecule has 1 atom stereocenters. The van der Waals surface area contributed by atoms with Gasteiger partial charge in [-0.15, -0.1) is 0 Å². The third-order valence-electron chi connectivity index (χ3n) is 4.53. The zero-order valence-electron chi connectivity index (χ0n) is 15.8. The van der Waals surface area contributed by atoms with Crippen LogP contribution in [0.1, 0.15) is 64.9 Å². The molecule has 0 radical (unpaired) electrons. The second kappa shape index (κ2) is 9.02. The van der Waals surface area contributed by atoms with E-state index in [2.05, 4.69) is 0 Å². The van der Waals surface area contributed by atoms with Crippen LogP contribution in [0.4, 0.5) is 4.79 Å². The minimum Gasteiger partial charge on any atom is -0.444 e. The standard InChI is InChI=1S/C21H31NO3/c1-21(2,3)25-20(24)22(16-17-10-5-4-6-11-17)15-9-13-18-12-7-8-14-19(18)23/h4-6,10-11,18H,7-9,12-16H2,1-3H3/t18-/m0/s1. The number of ether oxygens (including phenoxy) is 1. The van der Waals surface area contributed by atoms with Gasteiger partial charge in [0.15, 0.2) is 0 Å². The number of ketones is 1. The van der Waals surface area contributed by atoms with Crippen molar-refractivity contribution >= 4 is 11.9 Å². The number of hydrogen-bond donors (Lipinski definition) is 0. The molecule has 1 aromatic rings. The Morgan fingerprint density at radius 1 is 1.20 bits per heavy atom. The molecule has 0 saturated heterocycles. The van der Waals surface area contributed by atoms with Gasteiger partial charge in [0.05, 0.1) is 0 Å². The van der Waals surface area contributed by atoms with E-state index in [1.54, 1.807) is 4.90 Å². The Morgan fingerprint density at radius 3 is 2.56 bits per heavy atom. The van der Waals surface area contributed by atoms with Crippen molar-refractivity contribution in [3.8, 4) is 0 Å². The van der Waals surface area contributed by atoms with Crippen molar-refractivity contribution in [3.05, 3.63) is 35.9 Å². The first-order valence-corrected chi connectivity index (χ1v) is 9.40. The number of carbonyl (C=O) groups excluding carboxylic acids is 2. The van der Waals surface area contributed by atoms with E-state index in [4.69, 9.17) is 4.74 Å². The monoisotopic (exact) mass is 345 g/mol. The lowest BCUT2D eigenvalue weighted by Crippen LogP contribution is -2.37. The number of hydrogen-bond acceptors (Lipinski definition) is 3. The summed E-state index contributed by atoms with van der Waals surface area (Å²) >= 11 is 0. The predicted molar refractivity (Wildman–Crippen MR) is 99.3 cm³/mol. The van der Waals surface area contributed by atoms with Crippen LogP contribution in [0.2, 0.25) is 0 Å². The largest absolute Gasteiger partial charge is 0.444 e. The van der Waals surface area contributed by atoms with Crippen LogP contribution in [0.25, 0.3) is 0 Å². The fourth-order valence-electron chi connectivity index (χ4n) is 3.25. The van der Waals surface area contributed by atoms with E-state index in [0.717, 1.165) is 44.1 Å². The van der Waals surface area contributed by atoms with Crippen molar-refractivity contribution in [1.82, 2.24) is 4.90 Å². The van der Waals surface area contributed by atoms with Crippen molar-refractivity contribution in [2.75, 3.05) is 6.54 Å². The van der Waals surface area contributed by atoms with Crippen LogP contribution < -0.4 is 0 Å². The van der Waals surface area contributed by atoms with Gasteiger partial charge < -0.3 is 9.64 Å². The van der Waals surface area contributed by atoms with E-state index in [-0.39, 0.29) is 12.0 Å². The predicted octanol–water partition coefficient (Wildman–Crippen LogP) is 4.96. The molecule has 1 aliphatic carbocycles. The van der Waals surface area contributed by atoms with Gasteiger partial charge in [0.25, 0.3) is 0 Å². The van der Waals surface area contributed by atoms with Gasteiger partial charge in [-0.25, -0.2) is 4.79 Å². The molecule has 4 heteroatoms. The van der Waals surface area contributed by atoms with Gasteiger partial charge in [0.1, 0.15) is 11.4 Å². The Balaban J connectivity index is 1.93. The maximum atomic E-state index is 12.5. The van der Waals surface area contributed by atoms with Crippen LogP contribution >= 0.6 is 0 Å². The molecule has 1 saturated carbocycles. The van der Waals surface area contributed by atoms with Gasteiger partial charge in [-0.2, -0.15) is 0 Å². The summed E-state index contributed by atoms with van der Waals surface area (Å²) in [7, 11) is 0. The second-order valence-corrected chi connectivity index (χ2v) is 7.94. The van der Waals surface area contributed by atoms with E-state index >= 15 is 0 Å². The van der Waals surface area contributed by atoms with E-state index in [9.17, 15) is 9.59 Å². The molecule has 1 aromatic carbocycles. The van der Waals surface area contributed by atoms with Crippen LogP contribution in [0.3, 0.4) is 0 Å². The van der Waals surface area contributed by atoms with E-state index < -0.39 is 5.60 Å². The van der Waals surface area contributed by atoms with Crippen molar-refractivity contribution in [1.29, 1.82) is 0 Å². The summed E-state index contributed by atoms with van der Waals surface area (Å²) in [4.78, 5) is 26.3. The number of rotatable bonds is 6. The topological polar surface area (TPSA) is 46.6 Å². The molecular weight excluding hydrogens is 314 g/mol. The number of carbonyl (C=O) groups is 2. The minimum atomic E-state index is -0.509. The summed E-state index contributed by atoms with van der Waals surface area (Å²) in [5, 5.41) is 0. The summed E-state index contributed by atoms with van der Waals surface area (Å²) in [6.45, 7) is 6.80. The normalized spacial score (nSPS) is 18.0. The smallest absolute Gasteiger partial charge is 0.410 e. The first kappa shape index (κ1) is 19.5. The van der Waals surface area contributed by atoms with Crippen LogP contribution in [-0.4, -0.2) is 28.9 Å². The molecule has 1 aliphatic rings. The first-order chi connectivity index (χ1) is 11.8. The molecule has 4 nitrogen and oxygen atoms in total. The maximum absolute atomic E-state index is 12.5. The zero-order chi connectivity index (χ0) is 18.3. The molecule has 0 aliphatic heterocycles. The highest BCUT2D eigenvalue weighted by Gasteiger charge is 2.24. The Labute approximate surface area is 151 Å². The molecule has 0 unspecified atom stereocenters. The number of nitrogens with zero attached hydrogens (tertiary/aromatic N) is 1. The lowest BCUT2D eigenvalue weighted by Gasteiger charge is -2.28. The van der Waals surface area contributed by atoms with Gasteiger partial charge >= 0.3 is 6.09 Å². The summed E-state index contributed by atoms with van der Waals surface area (Å²) in [6, 6.07) is 9.95. The Hall–Kier alpha value is -1.84. The molecule has 0 heterocycles. The van der Waals surface area contributed by atoms with Gasteiger partial charge in [-0.3, -0.25) is 4.79 Å². The minimum absolute atomic E-state index is 0.186. The average molecular weight is 345 g/mol. The zero-order valence-corrected chi connectivity index (χ0v) is 15.8. The average Bonchev–Trinajstić information content (AvgIpc) is 2.55. The molecule has 0 aromatic heterocycles. The third kappa shape index (κ3) is 6.89. The summed E-state index contributed by atoms with van der Waals surface area (Å²) in [6.07, 6.45) is 5.33. The third-order valence-corrected chi connectivity index (χ3v) is 4.53. The molecule has 25 heavy (non-hydrogen) atoms. The quantitative estimate of drug-likeness (QED) is 0.732. The molecule has 1 amide bonds. The van der Waals surface area contributed by atoms with Crippen molar-refractivity contribution in [3.63, 3.8) is 0 Å². The Bertz CT molecular complexity index is 562. The van der Waals surface area contributed by atoms with Gasteiger partial charge in [-0.1, -0.05) is 36.8 Å². The molecule has 0 spiro atoms. The highest BCUT2D eigenvalue weighted by atomic mass is 16.6. The lowest BCUT2D eigenvalue weighted by atomic mass is 9.85. The van der Waals surface area contributed by atoms with Gasteiger partial charge in [0.2, 0.25) is 0 Å². The number of benzene rings is 1. The van der Waals surface area contributed by atoms with Crippen molar-refractivity contribution in [2.45, 2.75) is 71.4 Å². The van der Waals surface area contributed by atoms with E-state index in [0.29, 0.717) is 18.9 Å². The first-order valence-electron chi connectivity index (χ1n) is 9.40. The molecule has 0 N–H and O–H groups in total. The Kier molecular flexibility index (Phi) is 7.03. The van der Waals surface area contributed by atoms with Gasteiger partial charge in [0, 0.05) is 25.4 Å². The fourth-order valence-corrected chi connectivity index (χ4v) is 3.25.